The standard InChI is InChI=1S/C51H68N8O11S/c1-36-29-40-30-39(49(61)57-16-18-58(19-17-57)50(62)47(38-5-3-2-4-6-38)53-32-37(35-60)33-54-51(63)64)7-8-44(40)59(36)20-21-65-22-23-66-24-25-67-26-27-68-46-31-42(70-55-46)34-56-14-10-41(11-15-56)69-45-9-13-52-43-12-28-71-48(43)45/h7-9,12-13,28-31,35,37-38,41,47,53-54H,2-6,10-11,14-27,32-34H2,1H3,(H,63,64)/t37-,47-/m0/s1. The number of aldehydes is 1. The molecule has 5 aromatic rings. The third-order valence-electron chi connectivity index (χ3n) is 13.7. The highest BCUT2D eigenvalue weighted by Crippen LogP contribution is 2.32. The zero-order valence-electron chi connectivity index (χ0n) is 40.7. The molecule has 0 bridgehead atoms. The van der Waals surface area contributed by atoms with Crippen LogP contribution in [0.5, 0.6) is 11.6 Å². The Bertz CT molecular complexity index is 2490. The molecule has 3 aliphatic rings. The van der Waals surface area contributed by atoms with E-state index in [1.165, 1.54) is 0 Å². The summed E-state index contributed by atoms with van der Waals surface area (Å²) < 4.78 is 38.2. The maximum absolute atomic E-state index is 13.9. The van der Waals surface area contributed by atoms with Gasteiger partial charge in [-0.3, -0.25) is 19.5 Å². The fourth-order valence-electron chi connectivity index (χ4n) is 9.80. The zero-order valence-corrected chi connectivity index (χ0v) is 41.5. The van der Waals surface area contributed by atoms with Crippen molar-refractivity contribution in [3.63, 3.8) is 0 Å². The van der Waals surface area contributed by atoms with Gasteiger partial charge in [-0.15, -0.1) is 11.3 Å². The second-order valence-electron chi connectivity index (χ2n) is 18.5. The highest BCUT2D eigenvalue weighted by atomic mass is 32.1. The summed E-state index contributed by atoms with van der Waals surface area (Å²) in [5.41, 5.74) is 3.67. The van der Waals surface area contributed by atoms with Crippen molar-refractivity contribution in [3.8, 4) is 11.6 Å². The van der Waals surface area contributed by atoms with Crippen LogP contribution in [0.2, 0.25) is 0 Å². The van der Waals surface area contributed by atoms with Gasteiger partial charge in [0.15, 0.2) is 5.76 Å². The molecule has 1 saturated carbocycles. The van der Waals surface area contributed by atoms with Gasteiger partial charge in [-0.1, -0.05) is 19.3 Å². The number of nitrogens with zero attached hydrogens (tertiary/aromatic N) is 6. The van der Waals surface area contributed by atoms with Crippen molar-refractivity contribution in [2.45, 2.75) is 77.1 Å². The lowest BCUT2D eigenvalue weighted by atomic mass is 9.83. The van der Waals surface area contributed by atoms with Gasteiger partial charge >= 0.3 is 6.09 Å². The highest BCUT2D eigenvalue weighted by molar-refractivity contribution is 7.17. The maximum Gasteiger partial charge on any atom is 0.404 e. The third kappa shape index (κ3) is 14.5. The number of aryl methyl sites for hydroxylation is 1. The second-order valence-corrected chi connectivity index (χ2v) is 19.5. The van der Waals surface area contributed by atoms with E-state index in [1.807, 2.05) is 53.6 Å². The Hall–Kier alpha value is -5.64. The van der Waals surface area contributed by atoms with Gasteiger partial charge in [-0.05, 0) is 85.5 Å². The lowest BCUT2D eigenvalue weighted by Crippen LogP contribution is -2.57. The van der Waals surface area contributed by atoms with Gasteiger partial charge < -0.3 is 63.1 Å². The number of ether oxygens (including phenoxy) is 5. The van der Waals surface area contributed by atoms with Crippen molar-refractivity contribution >= 4 is 56.7 Å². The third-order valence-corrected chi connectivity index (χ3v) is 14.6. The van der Waals surface area contributed by atoms with Crippen molar-refractivity contribution in [2.75, 3.05) is 98.6 Å². The normalized spacial score (nSPS) is 17.1. The molecule has 0 spiro atoms. The van der Waals surface area contributed by atoms with Crippen molar-refractivity contribution in [1.29, 1.82) is 0 Å². The number of carbonyl (C=O) groups excluding carboxylic acids is 3. The monoisotopic (exact) mass is 1000 g/mol. The summed E-state index contributed by atoms with van der Waals surface area (Å²) in [7, 11) is 0. The molecule has 3 fully saturated rings. The molecule has 3 N–H and O–H groups in total. The van der Waals surface area contributed by atoms with Crippen LogP contribution in [-0.2, 0) is 36.9 Å². The Morgan fingerprint density at radius 1 is 0.859 bits per heavy atom. The number of benzene rings is 1. The molecule has 1 aliphatic carbocycles. The van der Waals surface area contributed by atoms with Crippen molar-refractivity contribution in [1.82, 2.24) is 40.0 Å². The first kappa shape index (κ1) is 51.7. The molecular weight excluding hydrogens is 933 g/mol. The number of carboxylic acid groups (broad SMARTS) is 1. The lowest BCUT2D eigenvalue weighted by molar-refractivity contribution is -0.137. The topological polar surface area (TPSA) is 212 Å². The molecule has 0 unspecified atom stereocenters. The first-order valence-electron chi connectivity index (χ1n) is 25.1. The van der Waals surface area contributed by atoms with Crippen LogP contribution in [0.1, 0.15) is 66.8 Å². The Kier molecular flexibility index (Phi) is 19.1. The Morgan fingerprint density at radius 2 is 1.59 bits per heavy atom. The number of nitrogens with one attached hydrogen (secondary N) is 2. The molecule has 0 radical (unpaired) electrons. The smallest absolute Gasteiger partial charge is 0.404 e. The van der Waals surface area contributed by atoms with Crippen LogP contribution < -0.4 is 20.1 Å². The van der Waals surface area contributed by atoms with Gasteiger partial charge in [0.25, 0.3) is 11.8 Å². The molecule has 2 atom stereocenters. The van der Waals surface area contributed by atoms with Gasteiger partial charge in [0.05, 0.1) is 62.4 Å². The number of hydrogen-bond acceptors (Lipinski definition) is 15. The molecule has 2 aliphatic heterocycles. The molecule has 384 valence electrons. The summed E-state index contributed by atoms with van der Waals surface area (Å²) in [6.07, 6.45) is 8.45. The first-order chi connectivity index (χ1) is 34.7. The Morgan fingerprint density at radius 3 is 2.34 bits per heavy atom. The van der Waals surface area contributed by atoms with Crippen LogP contribution in [0.25, 0.3) is 21.1 Å². The number of hydrogen-bond donors (Lipinski definition) is 3. The van der Waals surface area contributed by atoms with Crippen LogP contribution in [0, 0.1) is 18.8 Å². The second kappa shape index (κ2) is 26.2. The molecule has 19 nitrogen and oxygen atoms in total. The molecule has 8 rings (SSSR count). The van der Waals surface area contributed by atoms with E-state index in [2.05, 4.69) is 36.3 Å². The van der Waals surface area contributed by atoms with Crippen LogP contribution in [-0.4, -0.2) is 169 Å². The van der Waals surface area contributed by atoms with E-state index in [-0.39, 0.29) is 36.9 Å². The molecule has 4 aromatic heterocycles. The van der Waals surface area contributed by atoms with E-state index in [0.717, 1.165) is 103 Å². The SMILES string of the molecule is Cc1cc2cc(C(=O)N3CCN(C(=O)[C@@H](NC[C@H](C=O)CNC(=O)O)C4CCCCC4)CC3)ccc2n1CCOCCOCCOCCOc1cc(CN2CCC(Oc3ccnc4ccsc34)CC2)on1. The fourth-order valence-corrected chi connectivity index (χ4v) is 10.6. The number of aromatic nitrogens is 3. The number of likely N-dealkylation sites (tertiary alicyclic amines) is 1. The minimum atomic E-state index is -1.19. The van der Waals surface area contributed by atoms with Crippen molar-refractivity contribution in [3.05, 3.63) is 71.1 Å². The summed E-state index contributed by atoms with van der Waals surface area (Å²) >= 11 is 1.66. The average molecular weight is 1000 g/mol. The van der Waals surface area contributed by atoms with Crippen LogP contribution in [0.3, 0.4) is 0 Å². The predicted molar refractivity (Wildman–Crippen MR) is 266 cm³/mol. The summed E-state index contributed by atoms with van der Waals surface area (Å²) in [5, 5.41) is 21.7. The van der Waals surface area contributed by atoms with Crippen molar-refractivity contribution in [2.24, 2.45) is 11.8 Å². The van der Waals surface area contributed by atoms with Gasteiger partial charge in [0, 0.05) is 99.2 Å². The van der Waals surface area contributed by atoms with Gasteiger partial charge in [0.1, 0.15) is 24.7 Å². The quantitative estimate of drug-likeness (QED) is 0.0453. The molecule has 71 heavy (non-hydrogen) atoms. The van der Waals surface area contributed by atoms with E-state index in [9.17, 15) is 19.2 Å². The Labute approximate surface area is 418 Å². The van der Waals surface area contributed by atoms with E-state index in [0.29, 0.717) is 97.0 Å². The molecule has 1 aromatic carbocycles. The molecule has 20 heteroatoms. The lowest BCUT2D eigenvalue weighted by Gasteiger charge is -2.39. The van der Waals surface area contributed by atoms with Gasteiger partial charge in [-0.2, -0.15) is 0 Å². The van der Waals surface area contributed by atoms with Crippen LogP contribution in [0.15, 0.2) is 58.6 Å². The Balaban J connectivity index is 0.668. The van der Waals surface area contributed by atoms with E-state index in [1.54, 1.807) is 22.4 Å². The number of thiophene rings is 1. The number of pyridine rings is 1. The molecule has 3 amide bonds. The van der Waals surface area contributed by atoms with Crippen LogP contribution in [0.4, 0.5) is 4.79 Å². The summed E-state index contributed by atoms with van der Waals surface area (Å²) in [4.78, 5) is 60.7. The van der Waals surface area contributed by atoms with Gasteiger partial charge in [0.2, 0.25) is 5.91 Å². The molecule has 2 saturated heterocycles. The van der Waals surface area contributed by atoms with Crippen molar-refractivity contribution < 1.29 is 52.5 Å². The molecule has 6 heterocycles. The molecular formula is C51H68N8O11S. The fraction of sp³-hybridized carbons (Fsp3) is 0.569. The van der Waals surface area contributed by atoms with Gasteiger partial charge in [-0.25, -0.2) is 4.79 Å². The summed E-state index contributed by atoms with van der Waals surface area (Å²) in [6.45, 7) is 10.1. The minimum absolute atomic E-state index is 0.0163. The zero-order chi connectivity index (χ0) is 49.4. The van der Waals surface area contributed by atoms with Crippen LogP contribution >= 0.6 is 11.3 Å². The first-order valence-corrected chi connectivity index (χ1v) is 26.0. The number of amides is 3. The summed E-state index contributed by atoms with van der Waals surface area (Å²) in [5.74, 6) is 1.59. The van der Waals surface area contributed by atoms with E-state index >= 15 is 0 Å². The highest BCUT2D eigenvalue weighted by Gasteiger charge is 2.35. The van der Waals surface area contributed by atoms with E-state index in [4.69, 9.17) is 33.3 Å². The summed E-state index contributed by atoms with van der Waals surface area (Å²) in [6, 6.07) is 13.2. The van der Waals surface area contributed by atoms with E-state index < -0.39 is 18.1 Å². The number of piperazine rings is 1. The number of rotatable bonds is 26. The predicted octanol–water partition coefficient (Wildman–Crippen LogP) is 5.63. The number of piperidine rings is 1. The minimum Gasteiger partial charge on any atom is -0.489 e. The average Bonchev–Trinajstić information content (AvgIpc) is 4.14. The number of fused-ring (bicyclic) bond motifs is 2. The number of carbonyl (C=O) groups is 4. The maximum atomic E-state index is 13.9. The largest absolute Gasteiger partial charge is 0.489 e.